The fourth-order valence-electron chi connectivity index (χ4n) is 2.56. The van der Waals surface area contributed by atoms with Crippen LogP contribution in [-0.2, 0) is 0 Å². The van der Waals surface area contributed by atoms with Gasteiger partial charge in [0, 0.05) is 0 Å². The van der Waals surface area contributed by atoms with Gasteiger partial charge in [0.15, 0.2) is 11.6 Å². The molecule has 104 valence electrons. The largest absolute Gasteiger partial charge is 0.459 e. The molecule has 1 fully saturated rings. The maximum Gasteiger partial charge on any atom is 0.287 e. The van der Waals surface area contributed by atoms with E-state index in [9.17, 15) is 4.79 Å². The molecular formula is C13H19N3O3. The van der Waals surface area contributed by atoms with E-state index in [0.29, 0.717) is 12.8 Å². The lowest BCUT2D eigenvalue weighted by Crippen LogP contribution is -2.57. The fraction of sp³-hybridized carbons (Fsp3) is 0.538. The number of carbonyl (C=O) groups is 1. The van der Waals surface area contributed by atoms with Gasteiger partial charge in [-0.15, -0.1) is 0 Å². The second-order valence-electron chi connectivity index (χ2n) is 4.91. The number of hydrogen-bond donors (Lipinski definition) is 3. The number of hydrogen-bond acceptors (Lipinski definition) is 4. The molecule has 1 aromatic rings. The molecule has 0 bridgehead atoms. The number of nitrogens with zero attached hydrogens (tertiary/aromatic N) is 1. The van der Waals surface area contributed by atoms with Gasteiger partial charge in [0.05, 0.1) is 6.26 Å². The van der Waals surface area contributed by atoms with E-state index in [1.165, 1.54) is 6.26 Å². The van der Waals surface area contributed by atoms with Crippen molar-refractivity contribution in [2.45, 2.75) is 44.1 Å². The third-order valence-corrected chi connectivity index (χ3v) is 3.65. The van der Waals surface area contributed by atoms with Crippen LogP contribution < -0.4 is 11.1 Å². The number of carbonyl (C=O) groups excluding carboxylic acids is 1. The van der Waals surface area contributed by atoms with Crippen molar-refractivity contribution in [3.05, 3.63) is 24.2 Å². The molecule has 1 aliphatic rings. The smallest absolute Gasteiger partial charge is 0.287 e. The average Bonchev–Trinajstić information content (AvgIpc) is 2.86. The quantitative estimate of drug-likeness (QED) is 0.255. The lowest BCUT2D eigenvalue weighted by Gasteiger charge is -2.32. The molecule has 2 rings (SSSR count). The Morgan fingerprint density at radius 2 is 2.05 bits per heavy atom. The standard InChI is InChI=1S/C13H19N3O3/c14-12(16-18)13(7-3-1-2-4-8-13)15-11(17)10-6-5-9-19-10/h5-6,9,18H,1-4,7-8H2,(H2,14,16)(H,15,17). The molecule has 0 radical (unpaired) electrons. The average molecular weight is 265 g/mol. The highest BCUT2D eigenvalue weighted by Crippen LogP contribution is 2.28. The molecule has 0 atom stereocenters. The van der Waals surface area contributed by atoms with Crippen LogP contribution in [0.2, 0.25) is 0 Å². The van der Waals surface area contributed by atoms with Gasteiger partial charge >= 0.3 is 0 Å². The predicted molar refractivity (Wildman–Crippen MR) is 70.0 cm³/mol. The van der Waals surface area contributed by atoms with Crippen LogP contribution in [0.15, 0.2) is 28.0 Å². The van der Waals surface area contributed by atoms with Crippen molar-refractivity contribution in [1.29, 1.82) is 0 Å². The highest BCUT2D eigenvalue weighted by molar-refractivity contribution is 5.98. The molecule has 0 aromatic carbocycles. The molecule has 19 heavy (non-hydrogen) atoms. The minimum Gasteiger partial charge on any atom is -0.459 e. The first kappa shape index (κ1) is 13.5. The van der Waals surface area contributed by atoms with Gasteiger partial charge in [0.2, 0.25) is 0 Å². The predicted octanol–water partition coefficient (Wildman–Crippen LogP) is 1.85. The Kier molecular flexibility index (Phi) is 4.09. The Morgan fingerprint density at radius 3 is 2.58 bits per heavy atom. The fourth-order valence-corrected chi connectivity index (χ4v) is 2.56. The van der Waals surface area contributed by atoms with Gasteiger partial charge < -0.3 is 20.7 Å². The van der Waals surface area contributed by atoms with Crippen molar-refractivity contribution in [2.24, 2.45) is 10.9 Å². The molecule has 1 saturated carbocycles. The normalized spacial score (nSPS) is 19.7. The highest BCUT2D eigenvalue weighted by Gasteiger charge is 2.37. The van der Waals surface area contributed by atoms with Gasteiger partial charge in [0.1, 0.15) is 5.54 Å². The van der Waals surface area contributed by atoms with Crippen molar-refractivity contribution in [1.82, 2.24) is 5.32 Å². The molecule has 6 nitrogen and oxygen atoms in total. The summed E-state index contributed by atoms with van der Waals surface area (Å²) in [5.74, 6) is -0.0397. The van der Waals surface area contributed by atoms with E-state index in [0.717, 1.165) is 25.7 Å². The van der Waals surface area contributed by atoms with E-state index in [2.05, 4.69) is 10.5 Å². The summed E-state index contributed by atoms with van der Waals surface area (Å²) < 4.78 is 5.07. The number of nitrogens with one attached hydrogen (secondary N) is 1. The van der Waals surface area contributed by atoms with Crippen molar-refractivity contribution >= 4 is 11.7 Å². The van der Waals surface area contributed by atoms with E-state index >= 15 is 0 Å². The number of rotatable bonds is 3. The number of furan rings is 1. The van der Waals surface area contributed by atoms with Crippen LogP contribution in [0.25, 0.3) is 0 Å². The summed E-state index contributed by atoms with van der Waals surface area (Å²) >= 11 is 0. The van der Waals surface area contributed by atoms with Gasteiger partial charge in [-0.25, -0.2) is 0 Å². The third-order valence-electron chi connectivity index (χ3n) is 3.65. The highest BCUT2D eigenvalue weighted by atomic mass is 16.4. The van der Waals surface area contributed by atoms with Crippen LogP contribution in [0.3, 0.4) is 0 Å². The number of amides is 1. The molecule has 1 aliphatic carbocycles. The maximum atomic E-state index is 12.1. The van der Waals surface area contributed by atoms with Crippen molar-refractivity contribution in [3.8, 4) is 0 Å². The van der Waals surface area contributed by atoms with Gasteiger partial charge in [-0.3, -0.25) is 4.79 Å². The molecule has 1 amide bonds. The zero-order chi connectivity index (χ0) is 13.7. The summed E-state index contributed by atoms with van der Waals surface area (Å²) in [5, 5.41) is 15.0. The summed E-state index contributed by atoms with van der Waals surface area (Å²) in [6, 6.07) is 3.24. The second kappa shape index (κ2) is 5.77. The van der Waals surface area contributed by atoms with E-state index in [1.807, 2.05) is 0 Å². The van der Waals surface area contributed by atoms with Crippen molar-refractivity contribution in [2.75, 3.05) is 0 Å². The van der Waals surface area contributed by atoms with E-state index in [1.54, 1.807) is 12.1 Å². The van der Waals surface area contributed by atoms with Crippen LogP contribution in [-0.4, -0.2) is 22.5 Å². The van der Waals surface area contributed by atoms with Crippen LogP contribution in [0.1, 0.15) is 49.1 Å². The Labute approximate surface area is 111 Å². The van der Waals surface area contributed by atoms with Crippen LogP contribution in [0, 0.1) is 0 Å². The van der Waals surface area contributed by atoms with Crippen molar-refractivity contribution in [3.63, 3.8) is 0 Å². The molecule has 0 aliphatic heterocycles. The molecule has 6 heteroatoms. The first-order chi connectivity index (χ1) is 9.18. The van der Waals surface area contributed by atoms with E-state index in [4.69, 9.17) is 15.4 Å². The molecule has 1 aromatic heterocycles. The van der Waals surface area contributed by atoms with Gasteiger partial charge in [-0.05, 0) is 25.0 Å². The summed E-state index contributed by atoms with van der Waals surface area (Å²) in [6.07, 6.45) is 6.86. The van der Waals surface area contributed by atoms with E-state index < -0.39 is 5.54 Å². The Hall–Kier alpha value is -1.98. The minimum absolute atomic E-state index is 0.0642. The van der Waals surface area contributed by atoms with Crippen LogP contribution in [0.4, 0.5) is 0 Å². The summed E-state index contributed by atoms with van der Waals surface area (Å²) in [7, 11) is 0. The maximum absolute atomic E-state index is 12.1. The number of nitrogens with two attached hydrogens (primary N) is 1. The Morgan fingerprint density at radius 1 is 1.37 bits per heavy atom. The molecule has 4 N–H and O–H groups in total. The van der Waals surface area contributed by atoms with Gasteiger partial charge in [-0.2, -0.15) is 0 Å². The zero-order valence-electron chi connectivity index (χ0n) is 10.8. The molecule has 1 heterocycles. The Bertz CT molecular complexity index is 446. The molecule has 0 unspecified atom stereocenters. The lowest BCUT2D eigenvalue weighted by atomic mass is 9.88. The van der Waals surface area contributed by atoms with E-state index in [-0.39, 0.29) is 17.5 Å². The first-order valence-electron chi connectivity index (χ1n) is 6.52. The van der Waals surface area contributed by atoms with Gasteiger partial charge in [-0.1, -0.05) is 30.8 Å². The van der Waals surface area contributed by atoms with Crippen LogP contribution >= 0.6 is 0 Å². The first-order valence-corrected chi connectivity index (χ1v) is 6.52. The number of oxime groups is 1. The van der Waals surface area contributed by atoms with Gasteiger partial charge in [0.25, 0.3) is 5.91 Å². The number of amidine groups is 1. The third kappa shape index (κ3) is 2.89. The van der Waals surface area contributed by atoms with Crippen molar-refractivity contribution < 1.29 is 14.4 Å². The Balaban J connectivity index is 2.20. The molecular weight excluding hydrogens is 246 g/mol. The topological polar surface area (TPSA) is 101 Å². The summed E-state index contributed by atoms with van der Waals surface area (Å²) in [4.78, 5) is 12.1. The minimum atomic E-state index is -0.769. The zero-order valence-corrected chi connectivity index (χ0v) is 10.8. The second-order valence-corrected chi connectivity index (χ2v) is 4.91. The summed E-state index contributed by atoms with van der Waals surface area (Å²) in [5.41, 5.74) is 5.04. The molecule has 0 saturated heterocycles. The summed E-state index contributed by atoms with van der Waals surface area (Å²) in [6.45, 7) is 0. The SMILES string of the molecule is N/C(=N/O)C1(NC(=O)c2ccco2)CCCCCC1. The van der Waals surface area contributed by atoms with Crippen LogP contribution in [0.5, 0.6) is 0 Å². The monoisotopic (exact) mass is 265 g/mol. The lowest BCUT2D eigenvalue weighted by molar-refractivity contribution is 0.0887. The molecule has 0 spiro atoms.